The Labute approximate surface area is 193 Å². The van der Waals surface area contributed by atoms with Crippen molar-refractivity contribution in [2.75, 3.05) is 24.3 Å². The number of amides is 1. The normalized spacial score (nSPS) is 18.3. The Morgan fingerprint density at radius 2 is 1.88 bits per heavy atom. The van der Waals surface area contributed by atoms with E-state index in [-0.39, 0.29) is 12.5 Å². The molecule has 2 aromatic carbocycles. The van der Waals surface area contributed by atoms with Crippen LogP contribution in [0.25, 0.3) is 11.0 Å². The minimum Gasteiger partial charge on any atom is -0.465 e. The van der Waals surface area contributed by atoms with Crippen LogP contribution in [-0.4, -0.2) is 40.8 Å². The highest BCUT2D eigenvalue weighted by Gasteiger charge is 2.47. The molecule has 6 nitrogen and oxygen atoms in total. The van der Waals surface area contributed by atoms with E-state index < -0.39 is 17.9 Å². The van der Waals surface area contributed by atoms with Gasteiger partial charge in [0.2, 0.25) is 11.9 Å². The summed E-state index contributed by atoms with van der Waals surface area (Å²) in [5, 5.41) is 0. The van der Waals surface area contributed by atoms with Crippen molar-refractivity contribution in [3.05, 3.63) is 54.1 Å². The van der Waals surface area contributed by atoms with Gasteiger partial charge in [0.05, 0.1) is 23.7 Å². The first kappa shape index (κ1) is 22.4. The van der Waals surface area contributed by atoms with E-state index in [1.54, 1.807) is 23.6 Å². The van der Waals surface area contributed by atoms with Crippen molar-refractivity contribution >= 4 is 40.6 Å². The summed E-state index contributed by atoms with van der Waals surface area (Å²) < 4.78 is 7.45. The molecule has 1 aliphatic heterocycles. The van der Waals surface area contributed by atoms with E-state index in [1.807, 2.05) is 59.4 Å². The molecule has 4 rings (SSSR count). The lowest BCUT2D eigenvalue weighted by Gasteiger charge is -2.38. The molecule has 2 heterocycles. The minimum absolute atomic E-state index is 0.226. The Morgan fingerprint density at radius 1 is 1.16 bits per heavy atom. The molecular weight excluding hydrogens is 422 g/mol. The second kappa shape index (κ2) is 9.36. The quantitative estimate of drug-likeness (QED) is 0.290. The van der Waals surface area contributed by atoms with Crippen LogP contribution in [0.4, 0.5) is 5.95 Å². The fourth-order valence-electron chi connectivity index (χ4n) is 4.25. The molecule has 168 valence electrons. The third kappa shape index (κ3) is 4.01. The van der Waals surface area contributed by atoms with E-state index >= 15 is 0 Å². The number of esters is 1. The third-order valence-corrected chi connectivity index (χ3v) is 6.62. The van der Waals surface area contributed by atoms with Crippen molar-refractivity contribution in [2.24, 2.45) is 11.8 Å². The van der Waals surface area contributed by atoms with Gasteiger partial charge in [-0.2, -0.15) is 0 Å². The molecule has 2 atom stereocenters. The topological polar surface area (TPSA) is 64.4 Å². The van der Waals surface area contributed by atoms with Crippen LogP contribution in [0.15, 0.2) is 53.4 Å². The fourth-order valence-corrected chi connectivity index (χ4v) is 4.66. The van der Waals surface area contributed by atoms with Crippen LogP contribution in [0.1, 0.15) is 38.8 Å². The second-order valence-electron chi connectivity index (χ2n) is 8.39. The zero-order chi connectivity index (χ0) is 22.8. The van der Waals surface area contributed by atoms with E-state index in [0.29, 0.717) is 18.4 Å². The number of thioether (sulfide) groups is 1. The molecule has 3 aromatic rings. The molecule has 32 heavy (non-hydrogen) atoms. The second-order valence-corrected chi connectivity index (χ2v) is 9.27. The Hall–Kier alpha value is -2.80. The Balaban J connectivity index is 1.94. The summed E-state index contributed by atoms with van der Waals surface area (Å²) in [5.41, 5.74) is 2.60. The molecule has 0 bridgehead atoms. The maximum absolute atomic E-state index is 13.8. The molecule has 0 saturated heterocycles. The predicted octanol–water partition coefficient (Wildman–Crippen LogP) is 4.92. The van der Waals surface area contributed by atoms with Gasteiger partial charge in [-0.15, -0.1) is 11.8 Å². The standard InChI is InChI=1S/C25H29N3O3S/c1-5-31-24(30)21-22(17-10-12-18(32-4)13-11-17)28-20-9-7-6-8-19(20)26-25(28)27(23(21)29)15-14-16(2)3/h6-13,16,21-22H,5,14-15H2,1-4H3. The monoisotopic (exact) mass is 451 g/mol. The van der Waals surface area contributed by atoms with Gasteiger partial charge in [0.1, 0.15) is 0 Å². The number of hydrogen-bond donors (Lipinski definition) is 0. The molecule has 2 unspecified atom stereocenters. The highest BCUT2D eigenvalue weighted by molar-refractivity contribution is 7.98. The average molecular weight is 452 g/mol. The van der Waals surface area contributed by atoms with Gasteiger partial charge in [0.15, 0.2) is 5.92 Å². The lowest BCUT2D eigenvalue weighted by atomic mass is 9.89. The summed E-state index contributed by atoms with van der Waals surface area (Å²) in [6.45, 7) is 6.74. The van der Waals surface area contributed by atoms with Crippen LogP contribution in [0.2, 0.25) is 0 Å². The molecular formula is C25H29N3O3S. The van der Waals surface area contributed by atoms with Crippen LogP contribution >= 0.6 is 11.8 Å². The highest BCUT2D eigenvalue weighted by atomic mass is 32.2. The molecule has 0 N–H and O–H groups in total. The molecule has 7 heteroatoms. The van der Waals surface area contributed by atoms with Crippen molar-refractivity contribution in [2.45, 2.75) is 38.1 Å². The summed E-state index contributed by atoms with van der Waals surface area (Å²) >= 11 is 1.65. The van der Waals surface area contributed by atoms with Crippen molar-refractivity contribution in [3.8, 4) is 0 Å². The third-order valence-electron chi connectivity index (χ3n) is 5.87. The first-order valence-electron chi connectivity index (χ1n) is 11.0. The van der Waals surface area contributed by atoms with E-state index in [4.69, 9.17) is 9.72 Å². The number of aromatic nitrogens is 2. The van der Waals surface area contributed by atoms with Crippen LogP contribution in [0, 0.1) is 11.8 Å². The minimum atomic E-state index is -0.965. The van der Waals surface area contributed by atoms with Gasteiger partial charge in [-0.3, -0.25) is 14.5 Å². The summed E-state index contributed by atoms with van der Waals surface area (Å²) in [5.74, 6) is -0.692. The number of anilines is 1. The smallest absolute Gasteiger partial charge is 0.321 e. The zero-order valence-corrected chi connectivity index (χ0v) is 19.8. The number of benzene rings is 2. The highest BCUT2D eigenvalue weighted by Crippen LogP contribution is 2.41. The van der Waals surface area contributed by atoms with Crippen LogP contribution in [-0.2, 0) is 14.3 Å². The van der Waals surface area contributed by atoms with Crippen LogP contribution in [0.3, 0.4) is 0 Å². The van der Waals surface area contributed by atoms with Crippen molar-refractivity contribution in [1.29, 1.82) is 0 Å². The fraction of sp³-hybridized carbons (Fsp3) is 0.400. The largest absolute Gasteiger partial charge is 0.465 e. The van der Waals surface area contributed by atoms with Gasteiger partial charge in [0.25, 0.3) is 0 Å². The molecule has 0 aliphatic carbocycles. The van der Waals surface area contributed by atoms with Gasteiger partial charge in [0, 0.05) is 11.4 Å². The SMILES string of the molecule is CCOC(=O)C1C(=O)N(CCC(C)C)c2nc3ccccc3n2C1c1ccc(SC)cc1. The Bertz CT molecular complexity index is 1120. The first-order valence-corrected chi connectivity index (χ1v) is 12.3. The summed E-state index contributed by atoms with van der Waals surface area (Å²) in [6, 6.07) is 15.4. The van der Waals surface area contributed by atoms with Crippen molar-refractivity contribution in [1.82, 2.24) is 9.55 Å². The maximum atomic E-state index is 13.8. The number of fused-ring (bicyclic) bond motifs is 3. The van der Waals surface area contributed by atoms with E-state index in [1.165, 1.54) is 0 Å². The zero-order valence-electron chi connectivity index (χ0n) is 18.9. The van der Waals surface area contributed by atoms with Gasteiger partial charge in [-0.25, -0.2) is 4.98 Å². The average Bonchev–Trinajstić information content (AvgIpc) is 3.17. The molecule has 0 fully saturated rings. The Kier molecular flexibility index (Phi) is 6.55. The number of rotatable bonds is 7. The van der Waals surface area contributed by atoms with Crippen LogP contribution in [0.5, 0.6) is 0 Å². The predicted molar refractivity (Wildman–Crippen MR) is 128 cm³/mol. The number of carbonyl (C=O) groups is 2. The molecule has 0 radical (unpaired) electrons. The number of ether oxygens (including phenoxy) is 1. The van der Waals surface area contributed by atoms with Crippen molar-refractivity contribution < 1.29 is 14.3 Å². The Morgan fingerprint density at radius 3 is 2.53 bits per heavy atom. The number of para-hydroxylation sites is 2. The number of carbonyl (C=O) groups excluding carboxylic acids is 2. The number of hydrogen-bond acceptors (Lipinski definition) is 5. The van der Waals surface area contributed by atoms with Crippen LogP contribution < -0.4 is 4.90 Å². The summed E-state index contributed by atoms with van der Waals surface area (Å²) in [6.07, 6.45) is 2.84. The van der Waals surface area contributed by atoms with Gasteiger partial charge >= 0.3 is 5.97 Å². The lowest BCUT2D eigenvalue weighted by molar-refractivity contribution is -0.153. The van der Waals surface area contributed by atoms with Gasteiger partial charge < -0.3 is 9.30 Å². The van der Waals surface area contributed by atoms with E-state index in [2.05, 4.69) is 13.8 Å². The van der Waals surface area contributed by atoms with Crippen molar-refractivity contribution in [3.63, 3.8) is 0 Å². The van der Waals surface area contributed by atoms with E-state index in [9.17, 15) is 9.59 Å². The number of nitrogens with zero attached hydrogens (tertiary/aromatic N) is 3. The van der Waals surface area contributed by atoms with Gasteiger partial charge in [-0.1, -0.05) is 38.1 Å². The maximum Gasteiger partial charge on any atom is 0.321 e. The first-order chi connectivity index (χ1) is 15.5. The van der Waals surface area contributed by atoms with Gasteiger partial charge in [-0.05, 0) is 55.3 Å². The summed E-state index contributed by atoms with van der Waals surface area (Å²) in [7, 11) is 0. The van der Waals surface area contributed by atoms with E-state index in [0.717, 1.165) is 27.9 Å². The summed E-state index contributed by atoms with van der Waals surface area (Å²) in [4.78, 5) is 34.5. The molecule has 0 spiro atoms. The molecule has 1 amide bonds. The lowest BCUT2D eigenvalue weighted by Crippen LogP contribution is -2.50. The number of imidazole rings is 1. The molecule has 1 aliphatic rings. The molecule has 1 aromatic heterocycles. The molecule has 0 saturated carbocycles.